The Morgan fingerprint density at radius 3 is 2.63 bits per heavy atom. The smallest absolute Gasteiger partial charge is 0.339 e. The molecule has 0 saturated heterocycles. The van der Waals surface area contributed by atoms with E-state index in [0.717, 1.165) is 11.1 Å². The number of pyridine rings is 2. The number of rotatable bonds is 5. The van der Waals surface area contributed by atoms with E-state index in [4.69, 9.17) is 9.72 Å². The van der Waals surface area contributed by atoms with E-state index >= 15 is 0 Å². The number of esters is 1. The molecule has 0 fully saturated rings. The van der Waals surface area contributed by atoms with E-state index in [0.29, 0.717) is 35.4 Å². The van der Waals surface area contributed by atoms with Crippen molar-refractivity contribution >= 4 is 17.0 Å². The third-order valence-electron chi connectivity index (χ3n) is 4.26. The maximum Gasteiger partial charge on any atom is 0.339 e. The lowest BCUT2D eigenvalue weighted by Crippen LogP contribution is -2.08. The molecule has 4 aromatic rings. The van der Waals surface area contributed by atoms with Gasteiger partial charge in [0.1, 0.15) is 0 Å². The van der Waals surface area contributed by atoms with Gasteiger partial charge < -0.3 is 4.74 Å². The first-order chi connectivity index (χ1) is 13.3. The van der Waals surface area contributed by atoms with Gasteiger partial charge in [-0.05, 0) is 30.7 Å². The van der Waals surface area contributed by atoms with Crippen LogP contribution in [-0.2, 0) is 11.3 Å². The first-order valence-corrected chi connectivity index (χ1v) is 8.74. The quantitative estimate of drug-likeness (QED) is 0.509. The zero-order valence-corrected chi connectivity index (χ0v) is 14.9. The summed E-state index contributed by atoms with van der Waals surface area (Å²) in [6.45, 7) is 2.65. The molecule has 0 saturated carbocycles. The molecule has 0 unspecified atom stereocenters. The van der Waals surface area contributed by atoms with Crippen LogP contribution >= 0.6 is 0 Å². The van der Waals surface area contributed by atoms with Gasteiger partial charge in [0.05, 0.1) is 36.0 Å². The van der Waals surface area contributed by atoms with Gasteiger partial charge in [-0.15, -0.1) is 0 Å². The Labute approximate surface area is 156 Å². The van der Waals surface area contributed by atoms with Crippen molar-refractivity contribution in [2.45, 2.75) is 13.5 Å². The standard InChI is InChI=1S/C21H18N4O2/c1-2-27-21(26)17-12-19(16-6-4-3-5-7-16)24-20-18(17)13-23-25(20)14-15-8-10-22-11-9-15/h3-13H,2,14H2,1H3. The van der Waals surface area contributed by atoms with Gasteiger partial charge in [0.15, 0.2) is 5.65 Å². The molecule has 0 atom stereocenters. The number of fused-ring (bicyclic) bond motifs is 1. The molecule has 134 valence electrons. The number of carbonyl (C=O) groups is 1. The zero-order chi connectivity index (χ0) is 18.6. The molecule has 0 aliphatic rings. The Hall–Kier alpha value is -3.54. The number of hydrogen-bond donors (Lipinski definition) is 0. The van der Waals surface area contributed by atoms with Crippen molar-refractivity contribution in [1.82, 2.24) is 19.7 Å². The highest BCUT2D eigenvalue weighted by molar-refractivity contribution is 6.03. The van der Waals surface area contributed by atoms with Gasteiger partial charge in [0.25, 0.3) is 0 Å². The number of benzene rings is 1. The summed E-state index contributed by atoms with van der Waals surface area (Å²) >= 11 is 0. The molecule has 0 spiro atoms. The molecule has 0 bridgehead atoms. The molecule has 1 aromatic carbocycles. The minimum Gasteiger partial charge on any atom is -0.462 e. The second kappa shape index (κ2) is 7.37. The summed E-state index contributed by atoms with van der Waals surface area (Å²) < 4.78 is 7.03. The summed E-state index contributed by atoms with van der Waals surface area (Å²) in [6, 6.07) is 15.4. The Balaban J connectivity index is 1.87. The first-order valence-electron chi connectivity index (χ1n) is 8.74. The summed E-state index contributed by atoms with van der Waals surface area (Å²) in [5.41, 5.74) is 3.82. The van der Waals surface area contributed by atoms with E-state index in [1.807, 2.05) is 42.5 Å². The van der Waals surface area contributed by atoms with Crippen LogP contribution in [0.5, 0.6) is 0 Å². The number of aromatic nitrogens is 4. The molecule has 6 heteroatoms. The second-order valence-electron chi connectivity index (χ2n) is 6.04. The SMILES string of the molecule is CCOC(=O)c1cc(-c2ccccc2)nc2c1cnn2Cc1ccncc1. The van der Waals surface area contributed by atoms with Crippen LogP contribution in [0.4, 0.5) is 0 Å². The van der Waals surface area contributed by atoms with Crippen LogP contribution in [0.25, 0.3) is 22.3 Å². The lowest BCUT2D eigenvalue weighted by molar-refractivity contribution is 0.0528. The first kappa shape index (κ1) is 16.9. The number of nitrogens with zero attached hydrogens (tertiary/aromatic N) is 4. The van der Waals surface area contributed by atoms with Crippen LogP contribution in [0.2, 0.25) is 0 Å². The summed E-state index contributed by atoms with van der Waals surface area (Å²) in [5, 5.41) is 5.14. The molecule has 0 radical (unpaired) electrons. The molecule has 0 amide bonds. The van der Waals surface area contributed by atoms with Gasteiger partial charge >= 0.3 is 5.97 Å². The molecule has 0 aliphatic heterocycles. The van der Waals surface area contributed by atoms with Crippen LogP contribution in [0.1, 0.15) is 22.8 Å². The largest absolute Gasteiger partial charge is 0.462 e. The van der Waals surface area contributed by atoms with E-state index in [-0.39, 0.29) is 5.97 Å². The average Bonchev–Trinajstić information content (AvgIpc) is 3.11. The van der Waals surface area contributed by atoms with Crippen LogP contribution < -0.4 is 0 Å². The van der Waals surface area contributed by atoms with Crippen LogP contribution in [0.15, 0.2) is 67.1 Å². The summed E-state index contributed by atoms with van der Waals surface area (Å²) in [5.74, 6) is -0.370. The number of hydrogen-bond acceptors (Lipinski definition) is 5. The zero-order valence-electron chi connectivity index (χ0n) is 14.9. The average molecular weight is 358 g/mol. The Morgan fingerprint density at radius 1 is 1.11 bits per heavy atom. The maximum absolute atomic E-state index is 12.5. The van der Waals surface area contributed by atoms with Crippen molar-refractivity contribution < 1.29 is 9.53 Å². The van der Waals surface area contributed by atoms with E-state index in [1.165, 1.54) is 0 Å². The normalized spacial score (nSPS) is 10.9. The highest BCUT2D eigenvalue weighted by Gasteiger charge is 2.18. The van der Waals surface area contributed by atoms with Gasteiger partial charge in [-0.2, -0.15) is 5.10 Å². The van der Waals surface area contributed by atoms with Gasteiger partial charge in [0, 0.05) is 18.0 Å². The van der Waals surface area contributed by atoms with Crippen molar-refractivity contribution in [1.29, 1.82) is 0 Å². The predicted octanol–water partition coefficient (Wildman–Crippen LogP) is 3.72. The van der Waals surface area contributed by atoms with Crippen LogP contribution in [-0.4, -0.2) is 32.3 Å². The lowest BCUT2D eigenvalue weighted by Gasteiger charge is -2.09. The lowest BCUT2D eigenvalue weighted by atomic mass is 10.1. The predicted molar refractivity (Wildman–Crippen MR) is 102 cm³/mol. The van der Waals surface area contributed by atoms with Crippen molar-refractivity contribution in [2.75, 3.05) is 6.61 Å². The molecular formula is C21H18N4O2. The van der Waals surface area contributed by atoms with E-state index in [9.17, 15) is 4.79 Å². The Bertz CT molecular complexity index is 1080. The fourth-order valence-electron chi connectivity index (χ4n) is 2.96. The maximum atomic E-state index is 12.5. The molecular weight excluding hydrogens is 340 g/mol. The van der Waals surface area contributed by atoms with Gasteiger partial charge in [-0.1, -0.05) is 30.3 Å². The number of carbonyl (C=O) groups excluding carboxylic acids is 1. The minimum atomic E-state index is -0.370. The van der Waals surface area contributed by atoms with Crippen molar-refractivity contribution in [3.05, 3.63) is 78.2 Å². The Morgan fingerprint density at radius 2 is 1.89 bits per heavy atom. The van der Waals surface area contributed by atoms with Crippen LogP contribution in [0.3, 0.4) is 0 Å². The summed E-state index contributed by atoms with van der Waals surface area (Å²) in [4.78, 5) is 21.3. The molecule has 4 rings (SSSR count). The van der Waals surface area contributed by atoms with E-state index in [2.05, 4.69) is 10.1 Å². The van der Waals surface area contributed by atoms with Gasteiger partial charge in [-0.3, -0.25) is 4.98 Å². The molecule has 3 heterocycles. The third kappa shape index (κ3) is 3.42. The van der Waals surface area contributed by atoms with E-state index in [1.54, 1.807) is 36.3 Å². The fourth-order valence-corrected chi connectivity index (χ4v) is 2.96. The highest BCUT2D eigenvalue weighted by atomic mass is 16.5. The second-order valence-corrected chi connectivity index (χ2v) is 6.04. The molecule has 0 aliphatic carbocycles. The molecule has 6 nitrogen and oxygen atoms in total. The van der Waals surface area contributed by atoms with E-state index < -0.39 is 0 Å². The fraction of sp³-hybridized carbons (Fsp3) is 0.143. The summed E-state index contributed by atoms with van der Waals surface area (Å²) in [7, 11) is 0. The van der Waals surface area contributed by atoms with Crippen molar-refractivity contribution in [3.63, 3.8) is 0 Å². The van der Waals surface area contributed by atoms with Crippen molar-refractivity contribution in [3.8, 4) is 11.3 Å². The molecule has 3 aromatic heterocycles. The third-order valence-corrected chi connectivity index (χ3v) is 4.26. The van der Waals surface area contributed by atoms with Gasteiger partial charge in [0.2, 0.25) is 0 Å². The van der Waals surface area contributed by atoms with Gasteiger partial charge in [-0.25, -0.2) is 14.5 Å². The highest BCUT2D eigenvalue weighted by Crippen LogP contribution is 2.25. The molecule has 27 heavy (non-hydrogen) atoms. The van der Waals surface area contributed by atoms with Crippen LogP contribution in [0, 0.1) is 0 Å². The Kier molecular flexibility index (Phi) is 4.61. The summed E-state index contributed by atoms with van der Waals surface area (Å²) in [6.07, 6.45) is 5.16. The van der Waals surface area contributed by atoms with Crippen molar-refractivity contribution in [2.24, 2.45) is 0 Å². The topological polar surface area (TPSA) is 69.9 Å². The minimum absolute atomic E-state index is 0.314. The number of ether oxygens (including phenoxy) is 1. The molecule has 0 N–H and O–H groups in total. The monoisotopic (exact) mass is 358 g/mol.